The smallest absolute Gasteiger partial charge is 0.0487 e. The van der Waals surface area contributed by atoms with Gasteiger partial charge < -0.3 is 14.8 Å². The van der Waals surface area contributed by atoms with Crippen LogP contribution in [0.5, 0.6) is 0 Å². The predicted molar refractivity (Wildman–Crippen MR) is 64.2 cm³/mol. The second-order valence-corrected chi connectivity index (χ2v) is 4.31. The van der Waals surface area contributed by atoms with Gasteiger partial charge >= 0.3 is 0 Å². The third-order valence-electron chi connectivity index (χ3n) is 2.68. The van der Waals surface area contributed by atoms with Gasteiger partial charge in [0.05, 0.1) is 0 Å². The molecule has 0 fully saturated rings. The second kappa shape index (κ2) is 10.4. The zero-order chi connectivity index (χ0) is 11.5. The summed E-state index contributed by atoms with van der Waals surface area (Å²) < 4.78 is 10.5. The summed E-state index contributed by atoms with van der Waals surface area (Å²) in [5.41, 5.74) is 0. The normalized spacial score (nSPS) is 13.4. The van der Waals surface area contributed by atoms with E-state index in [1.165, 1.54) is 0 Å². The van der Waals surface area contributed by atoms with Crippen LogP contribution >= 0.6 is 0 Å². The van der Waals surface area contributed by atoms with Crippen LogP contribution in [0.25, 0.3) is 0 Å². The zero-order valence-electron chi connectivity index (χ0n) is 10.7. The molecule has 0 saturated heterocycles. The van der Waals surface area contributed by atoms with E-state index in [2.05, 4.69) is 19.2 Å². The molecule has 1 N–H and O–H groups in total. The highest BCUT2D eigenvalue weighted by atomic mass is 16.5. The van der Waals surface area contributed by atoms with E-state index in [-0.39, 0.29) is 0 Å². The van der Waals surface area contributed by atoms with Crippen LogP contribution in [0.1, 0.15) is 26.7 Å². The SMILES string of the molecule is CNCC(CCOCCCOC)C(C)C. The molecule has 0 amide bonds. The van der Waals surface area contributed by atoms with Crippen LogP contribution < -0.4 is 5.32 Å². The Morgan fingerprint density at radius 2 is 1.87 bits per heavy atom. The van der Waals surface area contributed by atoms with Crippen molar-refractivity contribution < 1.29 is 9.47 Å². The van der Waals surface area contributed by atoms with Crippen molar-refractivity contribution in [2.45, 2.75) is 26.7 Å². The highest BCUT2D eigenvalue weighted by molar-refractivity contribution is 4.64. The lowest BCUT2D eigenvalue weighted by Crippen LogP contribution is -2.24. The first-order valence-corrected chi connectivity index (χ1v) is 5.93. The van der Waals surface area contributed by atoms with E-state index in [1.54, 1.807) is 7.11 Å². The standard InChI is InChI=1S/C12H27NO2/c1-11(2)12(10-13-3)6-9-15-8-5-7-14-4/h11-13H,5-10H2,1-4H3. The summed E-state index contributed by atoms with van der Waals surface area (Å²) in [6.07, 6.45) is 2.14. The van der Waals surface area contributed by atoms with Gasteiger partial charge in [0.25, 0.3) is 0 Å². The van der Waals surface area contributed by atoms with Gasteiger partial charge in [0.1, 0.15) is 0 Å². The molecule has 0 radical (unpaired) electrons. The second-order valence-electron chi connectivity index (χ2n) is 4.31. The first kappa shape index (κ1) is 14.9. The zero-order valence-corrected chi connectivity index (χ0v) is 10.7. The van der Waals surface area contributed by atoms with Gasteiger partial charge in [-0.2, -0.15) is 0 Å². The molecule has 0 heterocycles. The highest BCUT2D eigenvalue weighted by Crippen LogP contribution is 2.13. The van der Waals surface area contributed by atoms with Gasteiger partial charge in [-0.3, -0.25) is 0 Å². The van der Waals surface area contributed by atoms with Gasteiger partial charge in [0.15, 0.2) is 0 Å². The number of hydrogen-bond acceptors (Lipinski definition) is 3. The summed E-state index contributed by atoms with van der Waals surface area (Å²) >= 11 is 0. The summed E-state index contributed by atoms with van der Waals surface area (Å²) in [6.45, 7) is 8.11. The number of hydrogen-bond donors (Lipinski definition) is 1. The maximum atomic E-state index is 5.55. The van der Waals surface area contributed by atoms with E-state index in [9.17, 15) is 0 Å². The Morgan fingerprint density at radius 3 is 2.40 bits per heavy atom. The summed E-state index contributed by atoms with van der Waals surface area (Å²) in [5, 5.41) is 3.23. The maximum Gasteiger partial charge on any atom is 0.0487 e. The number of nitrogens with one attached hydrogen (secondary N) is 1. The van der Waals surface area contributed by atoms with Gasteiger partial charge in [-0.1, -0.05) is 13.8 Å². The monoisotopic (exact) mass is 217 g/mol. The minimum absolute atomic E-state index is 0.720. The molecule has 0 aromatic rings. The molecule has 0 aliphatic carbocycles. The van der Waals surface area contributed by atoms with Crippen molar-refractivity contribution in [3.63, 3.8) is 0 Å². The molecule has 0 rings (SSSR count). The van der Waals surface area contributed by atoms with E-state index < -0.39 is 0 Å². The lowest BCUT2D eigenvalue weighted by atomic mass is 9.93. The first-order chi connectivity index (χ1) is 7.22. The first-order valence-electron chi connectivity index (χ1n) is 5.93. The fraction of sp³-hybridized carbons (Fsp3) is 1.00. The Labute approximate surface area is 94.5 Å². The van der Waals surface area contributed by atoms with Crippen molar-refractivity contribution in [3.05, 3.63) is 0 Å². The third-order valence-corrected chi connectivity index (χ3v) is 2.68. The summed E-state index contributed by atoms with van der Waals surface area (Å²) in [7, 11) is 3.73. The van der Waals surface area contributed by atoms with E-state index in [0.29, 0.717) is 0 Å². The number of methoxy groups -OCH3 is 1. The average molecular weight is 217 g/mol. The Hall–Kier alpha value is -0.120. The fourth-order valence-electron chi connectivity index (χ4n) is 1.58. The summed E-state index contributed by atoms with van der Waals surface area (Å²) in [6, 6.07) is 0. The maximum absolute atomic E-state index is 5.55. The highest BCUT2D eigenvalue weighted by Gasteiger charge is 2.11. The van der Waals surface area contributed by atoms with E-state index in [1.807, 2.05) is 7.05 Å². The molecule has 0 aromatic heterocycles. The lowest BCUT2D eigenvalue weighted by molar-refractivity contribution is 0.0894. The van der Waals surface area contributed by atoms with Crippen molar-refractivity contribution >= 4 is 0 Å². The Kier molecular flexibility index (Phi) is 10.3. The third kappa shape index (κ3) is 8.85. The van der Waals surface area contributed by atoms with Gasteiger partial charge in [-0.25, -0.2) is 0 Å². The van der Waals surface area contributed by atoms with Gasteiger partial charge in [0, 0.05) is 26.9 Å². The fourth-order valence-corrected chi connectivity index (χ4v) is 1.58. The quantitative estimate of drug-likeness (QED) is 0.567. The van der Waals surface area contributed by atoms with Crippen LogP contribution in [0.15, 0.2) is 0 Å². The lowest BCUT2D eigenvalue weighted by Gasteiger charge is -2.20. The topological polar surface area (TPSA) is 30.5 Å². The predicted octanol–water partition coefficient (Wildman–Crippen LogP) is 1.92. The molecule has 0 bridgehead atoms. The molecule has 1 unspecified atom stereocenters. The van der Waals surface area contributed by atoms with Crippen LogP contribution in [0.4, 0.5) is 0 Å². The Bertz CT molecular complexity index is 129. The summed E-state index contributed by atoms with van der Waals surface area (Å²) in [4.78, 5) is 0. The van der Waals surface area contributed by atoms with Gasteiger partial charge in [0.2, 0.25) is 0 Å². The van der Waals surface area contributed by atoms with Gasteiger partial charge in [-0.15, -0.1) is 0 Å². The molecule has 15 heavy (non-hydrogen) atoms. The Morgan fingerprint density at radius 1 is 1.13 bits per heavy atom. The minimum atomic E-state index is 0.720. The van der Waals surface area contributed by atoms with E-state index in [4.69, 9.17) is 9.47 Å². The van der Waals surface area contributed by atoms with Crippen LogP contribution in [-0.2, 0) is 9.47 Å². The molecule has 3 nitrogen and oxygen atoms in total. The minimum Gasteiger partial charge on any atom is -0.385 e. The molecule has 0 aromatic carbocycles. The van der Waals surface area contributed by atoms with Crippen molar-refractivity contribution in [2.24, 2.45) is 11.8 Å². The van der Waals surface area contributed by atoms with Crippen LogP contribution in [0.2, 0.25) is 0 Å². The molecule has 1 atom stereocenters. The molecular weight excluding hydrogens is 190 g/mol. The Balaban J connectivity index is 3.37. The average Bonchev–Trinajstić information content (AvgIpc) is 2.21. The molecular formula is C12H27NO2. The van der Waals surface area contributed by atoms with E-state index >= 15 is 0 Å². The van der Waals surface area contributed by atoms with Crippen LogP contribution in [0.3, 0.4) is 0 Å². The molecule has 0 aliphatic rings. The summed E-state index contributed by atoms with van der Waals surface area (Å²) in [5.74, 6) is 1.44. The van der Waals surface area contributed by atoms with Crippen LogP contribution in [-0.4, -0.2) is 40.5 Å². The van der Waals surface area contributed by atoms with Crippen molar-refractivity contribution in [1.82, 2.24) is 5.32 Å². The van der Waals surface area contributed by atoms with Crippen molar-refractivity contribution in [2.75, 3.05) is 40.5 Å². The van der Waals surface area contributed by atoms with E-state index in [0.717, 1.165) is 51.0 Å². The van der Waals surface area contributed by atoms with Crippen molar-refractivity contribution in [1.29, 1.82) is 0 Å². The van der Waals surface area contributed by atoms with Gasteiger partial charge in [-0.05, 0) is 38.3 Å². The molecule has 0 aliphatic heterocycles. The molecule has 0 saturated carbocycles. The molecule has 3 heteroatoms. The molecule has 0 spiro atoms. The number of ether oxygens (including phenoxy) is 2. The van der Waals surface area contributed by atoms with Crippen LogP contribution in [0, 0.1) is 11.8 Å². The van der Waals surface area contributed by atoms with Crippen molar-refractivity contribution in [3.8, 4) is 0 Å². The molecule has 92 valence electrons. The number of rotatable bonds is 10. The largest absolute Gasteiger partial charge is 0.385 e.